The molecule has 20 heavy (non-hydrogen) atoms. The molecule has 1 atom stereocenters. The van der Waals surface area contributed by atoms with E-state index in [2.05, 4.69) is 25.7 Å². The zero-order valence-electron chi connectivity index (χ0n) is 12.7. The van der Waals surface area contributed by atoms with Crippen LogP contribution in [-0.4, -0.2) is 14.1 Å². The molecule has 108 valence electrons. The molecule has 0 bridgehead atoms. The van der Waals surface area contributed by atoms with Gasteiger partial charge in [-0.05, 0) is 44.5 Å². The minimum atomic E-state index is -1.53. The highest BCUT2D eigenvalue weighted by molar-refractivity contribution is 6.70. The summed E-state index contributed by atoms with van der Waals surface area (Å²) in [6.45, 7) is 6.60. The largest absolute Gasteiger partial charge is 0.548 e. The minimum Gasteiger partial charge on any atom is -0.548 e. The van der Waals surface area contributed by atoms with Gasteiger partial charge in [0, 0.05) is 18.4 Å². The Hall–Kier alpha value is -1.35. The number of rotatable bonds is 5. The summed E-state index contributed by atoms with van der Waals surface area (Å²) in [5.74, 6) is 1.69. The van der Waals surface area contributed by atoms with Gasteiger partial charge in [0.25, 0.3) is 0 Å². The predicted octanol–water partition coefficient (Wildman–Crippen LogP) is 4.79. The van der Waals surface area contributed by atoms with E-state index >= 15 is 0 Å². The molecule has 0 aliphatic heterocycles. The van der Waals surface area contributed by atoms with Crippen LogP contribution >= 0.6 is 0 Å². The Kier molecular flexibility index (Phi) is 4.81. The number of carbonyl (C=O) groups excluding carboxylic acids is 1. The van der Waals surface area contributed by atoms with E-state index in [-0.39, 0.29) is 5.78 Å². The molecule has 1 aliphatic rings. The molecular weight excluding hydrogens is 264 g/mol. The maximum Gasteiger partial charge on any atom is 0.241 e. The number of Topliss-reactive ketones (excluding diaryl/α,β-unsaturated/α-hetero) is 1. The molecule has 0 N–H and O–H groups in total. The van der Waals surface area contributed by atoms with Gasteiger partial charge in [-0.25, -0.2) is 0 Å². The molecule has 1 aromatic carbocycles. The molecule has 2 nitrogen and oxygen atoms in total. The summed E-state index contributed by atoms with van der Waals surface area (Å²) in [6, 6.07) is 9.58. The van der Waals surface area contributed by atoms with Crippen molar-refractivity contribution >= 4 is 14.1 Å². The maximum atomic E-state index is 12.2. The molecule has 0 aromatic heterocycles. The van der Waals surface area contributed by atoms with E-state index < -0.39 is 8.32 Å². The average molecular weight is 288 g/mol. The summed E-state index contributed by atoms with van der Waals surface area (Å²) in [5.41, 5.74) is 0.819. The molecule has 0 heterocycles. The van der Waals surface area contributed by atoms with Gasteiger partial charge < -0.3 is 4.43 Å². The summed E-state index contributed by atoms with van der Waals surface area (Å²) in [4.78, 5) is 12.2. The molecule has 0 radical (unpaired) electrons. The SMILES string of the molecule is C[Si](C)(C)OC1=CC(CC(=O)c2ccccc2)CCC1. The lowest BCUT2D eigenvalue weighted by molar-refractivity contribution is 0.0965. The highest BCUT2D eigenvalue weighted by Gasteiger charge is 2.22. The Labute approximate surface area is 123 Å². The van der Waals surface area contributed by atoms with Crippen LogP contribution in [0, 0.1) is 5.92 Å². The third-order valence-electron chi connectivity index (χ3n) is 3.40. The van der Waals surface area contributed by atoms with Gasteiger partial charge in [0.15, 0.2) is 5.78 Å². The summed E-state index contributed by atoms with van der Waals surface area (Å²) in [7, 11) is -1.53. The van der Waals surface area contributed by atoms with Crippen LogP contribution in [0.5, 0.6) is 0 Å². The van der Waals surface area contributed by atoms with Crippen LogP contribution in [-0.2, 0) is 4.43 Å². The van der Waals surface area contributed by atoms with E-state index in [1.807, 2.05) is 30.3 Å². The summed E-state index contributed by atoms with van der Waals surface area (Å²) < 4.78 is 6.08. The van der Waals surface area contributed by atoms with Gasteiger partial charge >= 0.3 is 0 Å². The molecule has 2 rings (SSSR count). The van der Waals surface area contributed by atoms with Gasteiger partial charge in [-0.1, -0.05) is 30.3 Å². The van der Waals surface area contributed by atoms with E-state index in [0.29, 0.717) is 12.3 Å². The van der Waals surface area contributed by atoms with Crippen molar-refractivity contribution in [2.75, 3.05) is 0 Å². The first-order valence-electron chi connectivity index (χ1n) is 7.42. The van der Waals surface area contributed by atoms with Crippen molar-refractivity contribution in [3.63, 3.8) is 0 Å². The van der Waals surface area contributed by atoms with Crippen LogP contribution < -0.4 is 0 Å². The Bertz CT molecular complexity index is 485. The van der Waals surface area contributed by atoms with Gasteiger partial charge in [-0.2, -0.15) is 0 Å². The van der Waals surface area contributed by atoms with Gasteiger partial charge in [-0.15, -0.1) is 0 Å². The molecule has 1 aliphatic carbocycles. The van der Waals surface area contributed by atoms with Gasteiger partial charge in [0.2, 0.25) is 8.32 Å². The molecule has 0 saturated heterocycles. The first-order chi connectivity index (χ1) is 9.44. The van der Waals surface area contributed by atoms with E-state index in [1.54, 1.807) is 0 Å². The molecule has 0 saturated carbocycles. The monoisotopic (exact) mass is 288 g/mol. The van der Waals surface area contributed by atoms with Crippen LogP contribution in [0.4, 0.5) is 0 Å². The predicted molar refractivity (Wildman–Crippen MR) is 85.2 cm³/mol. The number of carbonyl (C=O) groups is 1. The summed E-state index contributed by atoms with van der Waals surface area (Å²) >= 11 is 0. The Morgan fingerprint density at radius 2 is 1.95 bits per heavy atom. The van der Waals surface area contributed by atoms with Gasteiger partial charge in [0.05, 0.1) is 5.76 Å². The third kappa shape index (κ3) is 4.64. The Morgan fingerprint density at radius 3 is 2.60 bits per heavy atom. The smallest absolute Gasteiger partial charge is 0.241 e. The van der Waals surface area contributed by atoms with Crippen LogP contribution in [0.1, 0.15) is 36.0 Å². The third-order valence-corrected chi connectivity index (χ3v) is 4.27. The second-order valence-corrected chi connectivity index (χ2v) is 10.9. The van der Waals surface area contributed by atoms with E-state index in [1.165, 1.54) is 0 Å². The molecule has 3 heteroatoms. The lowest BCUT2D eigenvalue weighted by atomic mass is 9.89. The second-order valence-electron chi connectivity index (χ2n) is 6.49. The van der Waals surface area contributed by atoms with E-state index in [9.17, 15) is 4.79 Å². The van der Waals surface area contributed by atoms with Crippen LogP contribution in [0.3, 0.4) is 0 Å². The quantitative estimate of drug-likeness (QED) is 0.575. The fourth-order valence-electron chi connectivity index (χ4n) is 2.59. The fourth-order valence-corrected chi connectivity index (χ4v) is 3.54. The average Bonchev–Trinajstić information content (AvgIpc) is 2.38. The Morgan fingerprint density at radius 1 is 1.25 bits per heavy atom. The van der Waals surface area contributed by atoms with Gasteiger partial charge in [-0.3, -0.25) is 4.79 Å². The van der Waals surface area contributed by atoms with Crippen molar-refractivity contribution in [3.05, 3.63) is 47.7 Å². The van der Waals surface area contributed by atoms with Crippen molar-refractivity contribution < 1.29 is 9.22 Å². The first-order valence-corrected chi connectivity index (χ1v) is 10.8. The Balaban J connectivity index is 1.99. The van der Waals surface area contributed by atoms with Gasteiger partial charge in [0.1, 0.15) is 0 Å². The first kappa shape index (κ1) is 15.0. The highest BCUT2D eigenvalue weighted by Crippen LogP contribution is 2.28. The molecule has 0 amide bonds. The van der Waals surface area contributed by atoms with Crippen molar-refractivity contribution in [3.8, 4) is 0 Å². The highest BCUT2D eigenvalue weighted by atomic mass is 28.4. The van der Waals surface area contributed by atoms with Crippen molar-refractivity contribution in [2.24, 2.45) is 5.92 Å². The minimum absolute atomic E-state index is 0.237. The topological polar surface area (TPSA) is 26.3 Å². The number of benzene rings is 1. The van der Waals surface area contributed by atoms with Crippen LogP contribution in [0.25, 0.3) is 0 Å². The number of hydrogen-bond acceptors (Lipinski definition) is 2. The van der Waals surface area contributed by atoms with Crippen molar-refractivity contribution in [1.82, 2.24) is 0 Å². The summed E-state index contributed by atoms with van der Waals surface area (Å²) in [5, 5.41) is 0. The molecule has 0 spiro atoms. The lowest BCUT2D eigenvalue weighted by Crippen LogP contribution is -2.26. The molecule has 0 fully saturated rings. The van der Waals surface area contributed by atoms with E-state index in [4.69, 9.17) is 4.43 Å². The molecular formula is C17H24O2Si. The lowest BCUT2D eigenvalue weighted by Gasteiger charge is -2.27. The molecule has 1 aromatic rings. The van der Waals surface area contributed by atoms with Crippen LogP contribution in [0.2, 0.25) is 19.6 Å². The molecule has 1 unspecified atom stereocenters. The zero-order valence-corrected chi connectivity index (χ0v) is 13.7. The number of ketones is 1. The van der Waals surface area contributed by atoms with Crippen LogP contribution in [0.15, 0.2) is 42.2 Å². The van der Waals surface area contributed by atoms with Crippen molar-refractivity contribution in [1.29, 1.82) is 0 Å². The standard InChI is InChI=1S/C17H24O2Si/c1-20(2,3)19-16-11-7-8-14(12-16)13-17(18)15-9-5-4-6-10-15/h4-6,9-10,12,14H,7-8,11,13H2,1-3H3. The normalized spacial score (nSPS) is 19.4. The number of hydrogen-bond donors (Lipinski definition) is 0. The number of allylic oxidation sites excluding steroid dienone is 2. The summed E-state index contributed by atoms with van der Waals surface area (Å²) in [6.07, 6.45) is 6.05. The van der Waals surface area contributed by atoms with Crippen molar-refractivity contribution in [2.45, 2.75) is 45.3 Å². The zero-order chi connectivity index (χ0) is 14.6. The van der Waals surface area contributed by atoms with E-state index in [0.717, 1.165) is 30.6 Å². The fraction of sp³-hybridized carbons (Fsp3) is 0.471. The maximum absolute atomic E-state index is 12.2. The second kappa shape index (κ2) is 6.40.